The van der Waals surface area contributed by atoms with Gasteiger partial charge in [-0.3, -0.25) is 9.78 Å². The van der Waals surface area contributed by atoms with Crippen LogP contribution in [0.15, 0.2) is 54.6 Å². The fourth-order valence-electron chi connectivity index (χ4n) is 5.62. The third-order valence-electron chi connectivity index (χ3n) is 8.01. The van der Waals surface area contributed by atoms with E-state index in [0.29, 0.717) is 63.7 Å². The van der Waals surface area contributed by atoms with Crippen LogP contribution in [0.4, 0.5) is 8.78 Å². The summed E-state index contributed by atoms with van der Waals surface area (Å²) in [4.78, 5) is 23.0. The highest BCUT2D eigenvalue weighted by atomic mass is 35.5. The molecule has 1 aliphatic rings. The number of halogens is 3. The van der Waals surface area contributed by atoms with E-state index in [4.69, 9.17) is 16.3 Å². The molecule has 0 aliphatic carbocycles. The zero-order valence-corrected chi connectivity index (χ0v) is 24.4. The number of pyridine rings is 2. The lowest BCUT2D eigenvalue weighted by molar-refractivity contribution is -0.142. The Morgan fingerprint density at radius 1 is 1.07 bits per heavy atom. The van der Waals surface area contributed by atoms with Crippen molar-refractivity contribution < 1.29 is 23.4 Å². The van der Waals surface area contributed by atoms with Gasteiger partial charge < -0.3 is 14.7 Å². The van der Waals surface area contributed by atoms with Crippen LogP contribution in [0.3, 0.4) is 0 Å². The van der Waals surface area contributed by atoms with Gasteiger partial charge in [-0.05, 0) is 43.2 Å². The number of amides is 1. The molecule has 1 amide bonds. The monoisotopic (exact) mass is 579 g/mol. The van der Waals surface area contributed by atoms with Crippen molar-refractivity contribution in [1.82, 2.24) is 14.9 Å². The van der Waals surface area contributed by atoms with Gasteiger partial charge in [-0.25, -0.2) is 13.8 Å². The molecule has 1 aliphatic heterocycles. The van der Waals surface area contributed by atoms with Crippen molar-refractivity contribution in [1.29, 1.82) is 0 Å². The Morgan fingerprint density at radius 3 is 2.32 bits per heavy atom. The number of hydrogen-bond acceptors (Lipinski definition) is 5. The smallest absolute Gasteiger partial charge is 0.270 e. The Kier molecular flexibility index (Phi) is 7.51. The molecule has 6 nitrogen and oxygen atoms in total. The van der Waals surface area contributed by atoms with Gasteiger partial charge in [-0.2, -0.15) is 0 Å². The number of rotatable bonds is 7. The van der Waals surface area contributed by atoms with Gasteiger partial charge in [-0.15, -0.1) is 0 Å². The summed E-state index contributed by atoms with van der Waals surface area (Å²) in [7, 11) is 1.51. The van der Waals surface area contributed by atoms with Crippen LogP contribution >= 0.6 is 11.6 Å². The minimum Gasteiger partial charge on any atom is -0.481 e. The molecule has 2 aromatic carbocycles. The summed E-state index contributed by atoms with van der Waals surface area (Å²) in [5.41, 5.74) is 3.28. The van der Waals surface area contributed by atoms with Crippen molar-refractivity contribution >= 4 is 28.4 Å². The average Bonchev–Trinajstić information content (AvgIpc) is 2.88. The van der Waals surface area contributed by atoms with E-state index in [-0.39, 0.29) is 17.4 Å². The SMILES string of the molecule is COc1nc2ccc(C(O)(c3ccc(C)nc3C)C3CN(C(C)=O)C3)cc2c(Cl)c1Cc1ccc(C(C)(F)F)cc1. The average molecular weight is 580 g/mol. The number of fused-ring (bicyclic) bond motifs is 1. The van der Waals surface area contributed by atoms with Crippen molar-refractivity contribution in [2.24, 2.45) is 5.92 Å². The molecule has 2 aromatic heterocycles. The maximum Gasteiger partial charge on any atom is 0.270 e. The predicted octanol–water partition coefficient (Wildman–Crippen LogP) is 6.33. The van der Waals surface area contributed by atoms with Crippen molar-refractivity contribution in [3.63, 3.8) is 0 Å². The van der Waals surface area contributed by atoms with Crippen molar-refractivity contribution in [2.75, 3.05) is 20.2 Å². The van der Waals surface area contributed by atoms with E-state index in [0.717, 1.165) is 18.2 Å². The van der Waals surface area contributed by atoms with E-state index in [1.807, 2.05) is 38.1 Å². The van der Waals surface area contributed by atoms with Crippen molar-refractivity contribution in [2.45, 2.75) is 45.6 Å². The zero-order chi connectivity index (χ0) is 29.7. The molecule has 1 unspecified atom stereocenters. The molecule has 214 valence electrons. The molecule has 9 heteroatoms. The normalized spacial score (nSPS) is 15.5. The molecule has 0 saturated carbocycles. The molecule has 5 rings (SSSR count). The minimum atomic E-state index is -2.93. The summed E-state index contributed by atoms with van der Waals surface area (Å²) >= 11 is 7.00. The summed E-state index contributed by atoms with van der Waals surface area (Å²) in [6, 6.07) is 15.3. The Hall–Kier alpha value is -3.62. The lowest BCUT2D eigenvalue weighted by atomic mass is 9.71. The van der Waals surface area contributed by atoms with Crippen LogP contribution in [0.25, 0.3) is 10.9 Å². The summed E-state index contributed by atoms with van der Waals surface area (Å²) in [6.45, 7) is 6.96. The predicted molar refractivity (Wildman–Crippen MR) is 155 cm³/mol. The number of ether oxygens (including phenoxy) is 1. The Labute approximate surface area is 243 Å². The van der Waals surface area contributed by atoms with Gasteiger partial charge in [0.15, 0.2) is 0 Å². The molecule has 1 N–H and O–H groups in total. The Morgan fingerprint density at radius 2 is 1.73 bits per heavy atom. The van der Waals surface area contributed by atoms with E-state index in [2.05, 4.69) is 9.97 Å². The second-order valence-corrected chi connectivity index (χ2v) is 11.3. The number of aromatic nitrogens is 2. The highest BCUT2D eigenvalue weighted by Crippen LogP contribution is 2.44. The lowest BCUT2D eigenvalue weighted by Crippen LogP contribution is -2.58. The maximum atomic E-state index is 13.7. The van der Waals surface area contributed by atoms with E-state index >= 15 is 0 Å². The molecular weight excluding hydrogens is 548 g/mol. The number of aryl methyl sites for hydroxylation is 2. The maximum absolute atomic E-state index is 13.7. The highest BCUT2D eigenvalue weighted by molar-refractivity contribution is 6.36. The number of likely N-dealkylation sites (tertiary alicyclic amines) is 1. The van der Waals surface area contributed by atoms with Crippen LogP contribution in [-0.2, 0) is 22.7 Å². The molecular formula is C32H32ClF2N3O3. The fraction of sp³-hybridized carbons (Fsp3) is 0.344. The third kappa shape index (κ3) is 5.26. The van der Waals surface area contributed by atoms with Crippen molar-refractivity contribution in [3.8, 4) is 5.88 Å². The molecule has 4 aromatic rings. The second kappa shape index (κ2) is 10.7. The first kappa shape index (κ1) is 28.9. The fourth-order valence-corrected chi connectivity index (χ4v) is 5.92. The van der Waals surface area contributed by atoms with Crippen LogP contribution in [0.2, 0.25) is 5.02 Å². The summed E-state index contributed by atoms with van der Waals surface area (Å²) < 4.78 is 33.0. The number of carbonyl (C=O) groups is 1. The highest BCUT2D eigenvalue weighted by Gasteiger charge is 2.48. The topological polar surface area (TPSA) is 75.6 Å². The van der Waals surface area contributed by atoms with Gasteiger partial charge in [0.2, 0.25) is 11.8 Å². The van der Waals surface area contributed by atoms with Crippen LogP contribution in [0, 0.1) is 19.8 Å². The minimum absolute atomic E-state index is 0.0412. The van der Waals surface area contributed by atoms with E-state index in [9.17, 15) is 18.7 Å². The summed E-state index contributed by atoms with van der Waals surface area (Å²) in [5.74, 6) is -2.89. The number of methoxy groups -OCH3 is 1. The van der Waals surface area contributed by atoms with Gasteiger partial charge in [0.1, 0.15) is 5.60 Å². The van der Waals surface area contributed by atoms with Crippen LogP contribution < -0.4 is 4.74 Å². The number of hydrogen-bond donors (Lipinski definition) is 1. The number of benzene rings is 2. The molecule has 1 atom stereocenters. The largest absolute Gasteiger partial charge is 0.481 e. The van der Waals surface area contributed by atoms with Gasteiger partial charge >= 0.3 is 0 Å². The van der Waals surface area contributed by atoms with Gasteiger partial charge in [-0.1, -0.05) is 48.0 Å². The molecule has 0 spiro atoms. The van der Waals surface area contributed by atoms with E-state index in [1.165, 1.54) is 26.2 Å². The van der Waals surface area contributed by atoms with Gasteiger partial charge in [0.05, 0.1) is 17.6 Å². The molecule has 0 radical (unpaired) electrons. The molecule has 0 bridgehead atoms. The Bertz CT molecular complexity index is 1630. The van der Waals surface area contributed by atoms with Crippen LogP contribution in [-0.4, -0.2) is 46.1 Å². The zero-order valence-electron chi connectivity index (χ0n) is 23.6. The number of alkyl halides is 2. The summed E-state index contributed by atoms with van der Waals surface area (Å²) in [6.07, 6.45) is 0.312. The number of nitrogens with zero attached hydrogens (tertiary/aromatic N) is 3. The first-order valence-electron chi connectivity index (χ1n) is 13.4. The van der Waals surface area contributed by atoms with Gasteiger partial charge in [0, 0.05) is 72.7 Å². The molecule has 1 fully saturated rings. The first-order chi connectivity index (χ1) is 19.3. The van der Waals surface area contributed by atoms with E-state index < -0.39 is 11.5 Å². The second-order valence-electron chi connectivity index (χ2n) is 10.9. The standard InChI is InChI=1S/C32H32ClF2N3O3/c1-18-6-12-27(19(2)36-18)32(40,24-16-38(17-24)20(3)39)23-11-13-28-25(15-23)29(33)26(30(37-28)41-5)14-21-7-9-22(10-8-21)31(4,34)35/h6-13,15,24,40H,14,16-17H2,1-5H3. The molecule has 3 heterocycles. The number of aliphatic hydroxyl groups is 1. The quantitative estimate of drug-likeness (QED) is 0.277. The van der Waals surface area contributed by atoms with E-state index in [1.54, 1.807) is 23.1 Å². The Balaban J connectivity index is 1.61. The lowest BCUT2D eigenvalue weighted by Gasteiger charge is -2.48. The molecule has 1 saturated heterocycles. The first-order valence-corrected chi connectivity index (χ1v) is 13.8. The van der Waals surface area contributed by atoms with Gasteiger partial charge in [0.25, 0.3) is 5.92 Å². The van der Waals surface area contributed by atoms with Crippen LogP contribution in [0.1, 0.15) is 53.1 Å². The summed E-state index contributed by atoms with van der Waals surface area (Å²) in [5, 5.41) is 13.5. The third-order valence-corrected chi connectivity index (χ3v) is 8.44. The van der Waals surface area contributed by atoms with Crippen LogP contribution in [0.5, 0.6) is 5.88 Å². The molecule has 41 heavy (non-hydrogen) atoms. The van der Waals surface area contributed by atoms with Crippen molar-refractivity contribution in [3.05, 3.63) is 98.8 Å². The number of carbonyl (C=O) groups excluding carboxylic acids is 1.